The van der Waals surface area contributed by atoms with Gasteiger partial charge in [-0.3, -0.25) is 0 Å². The van der Waals surface area contributed by atoms with Crippen LogP contribution >= 0.6 is 51.4 Å². The second-order valence-corrected chi connectivity index (χ2v) is 10.1. The van der Waals surface area contributed by atoms with E-state index in [0.717, 1.165) is 32.2 Å². The molecule has 0 atom stereocenters. The summed E-state index contributed by atoms with van der Waals surface area (Å²) in [5, 5.41) is 6.29. The molecule has 2 aromatic heterocycles. The van der Waals surface area contributed by atoms with Crippen LogP contribution < -0.4 is 5.32 Å². The Kier molecular flexibility index (Phi) is 8.39. The SMILES string of the molecule is Br.COC(=O)c1cc(-c2csc(Nc3ccc(C4CCCCC4)cc3)n2)c(SC)s1. The monoisotopic (exact) mass is 524 g/mol. The minimum absolute atomic E-state index is 0. The van der Waals surface area contributed by atoms with Crippen molar-refractivity contribution in [2.24, 2.45) is 0 Å². The first kappa shape index (κ1) is 23.3. The number of benzene rings is 1. The van der Waals surface area contributed by atoms with Crippen LogP contribution in [-0.2, 0) is 4.74 Å². The van der Waals surface area contributed by atoms with Crippen LogP contribution in [0.25, 0.3) is 11.3 Å². The van der Waals surface area contributed by atoms with Gasteiger partial charge in [0.15, 0.2) is 5.13 Å². The van der Waals surface area contributed by atoms with Gasteiger partial charge in [-0.15, -0.1) is 51.4 Å². The van der Waals surface area contributed by atoms with E-state index in [1.54, 1.807) is 23.1 Å². The average molecular weight is 526 g/mol. The lowest BCUT2D eigenvalue weighted by Gasteiger charge is -2.22. The normalized spacial score (nSPS) is 14.2. The number of thiophene rings is 1. The van der Waals surface area contributed by atoms with Crippen molar-refractivity contribution in [2.75, 3.05) is 18.7 Å². The molecule has 160 valence electrons. The molecule has 1 saturated carbocycles. The third-order valence-corrected chi connectivity index (χ3v) is 8.30. The van der Waals surface area contributed by atoms with Gasteiger partial charge in [0.2, 0.25) is 0 Å². The fourth-order valence-electron chi connectivity index (χ4n) is 3.76. The number of anilines is 2. The van der Waals surface area contributed by atoms with Crippen molar-refractivity contribution in [3.05, 3.63) is 46.2 Å². The average Bonchev–Trinajstić information content (AvgIpc) is 3.41. The molecule has 1 aromatic carbocycles. The number of thiazole rings is 1. The van der Waals surface area contributed by atoms with Crippen LogP contribution in [0.3, 0.4) is 0 Å². The van der Waals surface area contributed by atoms with Crippen LogP contribution in [0.4, 0.5) is 10.8 Å². The molecular formula is C22H25BrN2O2S3. The Morgan fingerprint density at radius 1 is 1.20 bits per heavy atom. The lowest BCUT2D eigenvalue weighted by atomic mass is 9.84. The third-order valence-electron chi connectivity index (χ3n) is 5.29. The first-order valence-electron chi connectivity index (χ1n) is 9.77. The summed E-state index contributed by atoms with van der Waals surface area (Å²) in [7, 11) is 1.41. The van der Waals surface area contributed by atoms with Crippen LogP contribution in [0.15, 0.2) is 39.9 Å². The first-order valence-corrected chi connectivity index (χ1v) is 12.7. The van der Waals surface area contributed by atoms with E-state index in [4.69, 9.17) is 9.72 Å². The fraction of sp³-hybridized carbons (Fsp3) is 0.364. The molecule has 0 radical (unpaired) electrons. The van der Waals surface area contributed by atoms with Crippen molar-refractivity contribution >= 4 is 68.2 Å². The number of hydrogen-bond acceptors (Lipinski definition) is 7. The maximum Gasteiger partial charge on any atom is 0.348 e. The van der Waals surface area contributed by atoms with Gasteiger partial charge in [0.1, 0.15) is 4.88 Å². The largest absolute Gasteiger partial charge is 0.465 e. The topological polar surface area (TPSA) is 51.2 Å². The standard InChI is InChI=1S/C22H24N2O2S3.BrH/c1-26-20(25)19-12-17(21(27-2)29-19)18-13-28-22(24-18)23-16-10-8-15(9-11-16)14-6-4-3-5-7-14;/h8-14H,3-7H2,1-2H3,(H,23,24);1H. The number of hydrogen-bond donors (Lipinski definition) is 1. The van der Waals surface area contributed by atoms with Crippen LogP contribution in [0, 0.1) is 0 Å². The zero-order chi connectivity index (χ0) is 20.2. The van der Waals surface area contributed by atoms with Crippen molar-refractivity contribution in [2.45, 2.75) is 42.2 Å². The Labute approximate surface area is 200 Å². The third kappa shape index (κ3) is 5.28. The number of methoxy groups -OCH3 is 1. The lowest BCUT2D eigenvalue weighted by Crippen LogP contribution is -2.04. The molecule has 2 heterocycles. The summed E-state index contributed by atoms with van der Waals surface area (Å²) in [6.07, 6.45) is 8.72. The Morgan fingerprint density at radius 3 is 2.60 bits per heavy atom. The number of ether oxygens (including phenoxy) is 1. The molecule has 0 bridgehead atoms. The predicted octanol–water partition coefficient (Wildman–Crippen LogP) is 7.75. The quantitative estimate of drug-likeness (QED) is 0.263. The maximum absolute atomic E-state index is 11.9. The highest BCUT2D eigenvalue weighted by Crippen LogP contribution is 2.39. The summed E-state index contributed by atoms with van der Waals surface area (Å²) in [5.41, 5.74) is 4.37. The zero-order valence-electron chi connectivity index (χ0n) is 17.0. The highest BCUT2D eigenvalue weighted by Gasteiger charge is 2.18. The molecule has 4 rings (SSSR count). The molecule has 1 aliphatic carbocycles. The van der Waals surface area contributed by atoms with E-state index in [1.165, 1.54) is 56.1 Å². The molecule has 0 saturated heterocycles. The predicted molar refractivity (Wildman–Crippen MR) is 134 cm³/mol. The number of halogens is 1. The van der Waals surface area contributed by atoms with Crippen LogP contribution in [0.5, 0.6) is 0 Å². The molecule has 0 spiro atoms. The molecule has 0 unspecified atom stereocenters. The molecular weight excluding hydrogens is 500 g/mol. The van der Waals surface area contributed by atoms with Gasteiger partial charge in [0.25, 0.3) is 0 Å². The number of esters is 1. The molecule has 0 aliphatic heterocycles. The minimum atomic E-state index is -0.303. The fourth-order valence-corrected chi connectivity index (χ4v) is 6.29. The highest BCUT2D eigenvalue weighted by molar-refractivity contribution is 8.93. The Hall–Kier alpha value is -1.35. The summed E-state index contributed by atoms with van der Waals surface area (Å²) < 4.78 is 5.92. The summed E-state index contributed by atoms with van der Waals surface area (Å²) in [6.45, 7) is 0. The van der Waals surface area contributed by atoms with Crippen LogP contribution in [-0.4, -0.2) is 24.3 Å². The van der Waals surface area contributed by atoms with Crippen molar-refractivity contribution < 1.29 is 9.53 Å². The van der Waals surface area contributed by atoms with Gasteiger partial charge in [-0.05, 0) is 48.8 Å². The van der Waals surface area contributed by atoms with Gasteiger partial charge in [-0.25, -0.2) is 9.78 Å². The number of aromatic nitrogens is 1. The van der Waals surface area contributed by atoms with Gasteiger partial charge in [0.05, 0.1) is 17.0 Å². The molecule has 1 fully saturated rings. The van der Waals surface area contributed by atoms with E-state index in [1.807, 2.05) is 17.7 Å². The summed E-state index contributed by atoms with van der Waals surface area (Å²) in [4.78, 5) is 17.2. The van der Waals surface area contributed by atoms with E-state index >= 15 is 0 Å². The number of thioether (sulfide) groups is 1. The molecule has 0 amide bonds. The summed E-state index contributed by atoms with van der Waals surface area (Å²) in [6, 6.07) is 10.7. The second kappa shape index (κ2) is 10.8. The summed E-state index contributed by atoms with van der Waals surface area (Å²) >= 11 is 4.64. The van der Waals surface area contributed by atoms with Crippen LogP contribution in [0.2, 0.25) is 0 Å². The molecule has 3 aromatic rings. The Bertz CT molecular complexity index is 979. The molecule has 4 nitrogen and oxygen atoms in total. The molecule has 1 N–H and O–H groups in total. The van der Waals surface area contributed by atoms with E-state index in [-0.39, 0.29) is 23.0 Å². The number of carbonyl (C=O) groups excluding carboxylic acids is 1. The Morgan fingerprint density at radius 2 is 1.93 bits per heavy atom. The lowest BCUT2D eigenvalue weighted by molar-refractivity contribution is 0.0606. The van der Waals surface area contributed by atoms with Crippen molar-refractivity contribution in [3.63, 3.8) is 0 Å². The molecule has 8 heteroatoms. The van der Waals surface area contributed by atoms with Gasteiger partial charge in [0, 0.05) is 16.6 Å². The number of rotatable bonds is 6. The van der Waals surface area contributed by atoms with E-state index in [9.17, 15) is 4.79 Å². The highest BCUT2D eigenvalue weighted by atomic mass is 79.9. The Balaban J connectivity index is 0.00000256. The van der Waals surface area contributed by atoms with E-state index in [2.05, 4.69) is 29.6 Å². The van der Waals surface area contributed by atoms with Crippen LogP contribution in [0.1, 0.15) is 53.3 Å². The van der Waals surface area contributed by atoms with Gasteiger partial charge < -0.3 is 10.1 Å². The zero-order valence-corrected chi connectivity index (χ0v) is 21.1. The number of carbonyl (C=O) groups is 1. The second-order valence-electron chi connectivity index (χ2n) is 7.13. The van der Waals surface area contributed by atoms with Gasteiger partial charge >= 0.3 is 5.97 Å². The van der Waals surface area contributed by atoms with Gasteiger partial charge in [-0.2, -0.15) is 0 Å². The van der Waals surface area contributed by atoms with E-state index < -0.39 is 0 Å². The van der Waals surface area contributed by atoms with Gasteiger partial charge in [-0.1, -0.05) is 31.4 Å². The van der Waals surface area contributed by atoms with E-state index in [0.29, 0.717) is 4.88 Å². The maximum atomic E-state index is 11.9. The number of nitrogens with zero attached hydrogens (tertiary/aromatic N) is 1. The van der Waals surface area contributed by atoms with Crippen molar-refractivity contribution in [3.8, 4) is 11.3 Å². The smallest absolute Gasteiger partial charge is 0.348 e. The first-order chi connectivity index (χ1) is 14.2. The number of nitrogens with one attached hydrogen (secondary N) is 1. The van der Waals surface area contributed by atoms with Crippen molar-refractivity contribution in [1.29, 1.82) is 0 Å². The van der Waals surface area contributed by atoms with Crippen molar-refractivity contribution in [1.82, 2.24) is 4.98 Å². The summed E-state index contributed by atoms with van der Waals surface area (Å²) in [5.74, 6) is 0.417. The molecule has 30 heavy (non-hydrogen) atoms. The molecule has 1 aliphatic rings. The minimum Gasteiger partial charge on any atom is -0.465 e.